The summed E-state index contributed by atoms with van der Waals surface area (Å²) in [4.78, 5) is 27.4. The highest BCUT2D eigenvalue weighted by molar-refractivity contribution is 6.31. The second kappa shape index (κ2) is 9.05. The predicted molar refractivity (Wildman–Crippen MR) is 122 cm³/mol. The SMILES string of the molecule is CC(C)(C)OC(=O)N1CCC[C@@H](c2ccc3ncnc(Nc4ccc(F)c(Cl)c4F)c3n2)C1. The van der Waals surface area contributed by atoms with E-state index >= 15 is 0 Å². The Morgan fingerprint density at radius 3 is 2.76 bits per heavy atom. The van der Waals surface area contributed by atoms with Gasteiger partial charge < -0.3 is 15.0 Å². The molecular weight excluding hydrogens is 452 g/mol. The Labute approximate surface area is 195 Å². The number of likely N-dealkylation sites (tertiary alicyclic amines) is 1. The van der Waals surface area contributed by atoms with E-state index in [0.29, 0.717) is 24.1 Å². The molecule has 0 aliphatic carbocycles. The number of pyridine rings is 1. The van der Waals surface area contributed by atoms with Gasteiger partial charge in [-0.2, -0.15) is 0 Å². The molecule has 3 aromatic rings. The van der Waals surface area contributed by atoms with Crippen molar-refractivity contribution in [2.75, 3.05) is 18.4 Å². The van der Waals surface area contributed by atoms with E-state index in [9.17, 15) is 13.6 Å². The maximum Gasteiger partial charge on any atom is 0.410 e. The molecule has 0 saturated carbocycles. The van der Waals surface area contributed by atoms with Crippen molar-refractivity contribution in [3.05, 3.63) is 52.9 Å². The number of nitrogens with zero attached hydrogens (tertiary/aromatic N) is 4. The summed E-state index contributed by atoms with van der Waals surface area (Å²) in [5, 5.41) is 2.24. The van der Waals surface area contributed by atoms with Gasteiger partial charge in [-0.15, -0.1) is 0 Å². The molecule has 0 unspecified atom stereocenters. The van der Waals surface area contributed by atoms with Crippen LogP contribution in [-0.2, 0) is 4.74 Å². The first-order chi connectivity index (χ1) is 15.6. The number of anilines is 2. The number of hydrogen-bond acceptors (Lipinski definition) is 6. The number of nitrogens with one attached hydrogen (secondary N) is 1. The van der Waals surface area contributed by atoms with Crippen molar-refractivity contribution in [3.63, 3.8) is 0 Å². The van der Waals surface area contributed by atoms with Gasteiger partial charge in [-0.3, -0.25) is 0 Å². The number of halogens is 3. The third-order valence-corrected chi connectivity index (χ3v) is 5.63. The highest BCUT2D eigenvalue weighted by atomic mass is 35.5. The number of carbonyl (C=O) groups excluding carboxylic acids is 1. The average molecular weight is 476 g/mol. The molecule has 1 fully saturated rings. The standard InChI is InChI=1S/C23H24ClF2N5O2/c1-23(2,3)33-22(32)31-10-4-5-13(11-31)15-8-9-17-20(29-15)21(28-12-27-17)30-16-7-6-14(25)18(24)19(16)26/h6-9,12-13H,4-5,10-11H2,1-3H3,(H,27,28,30)/t13-/m1/s1. The van der Waals surface area contributed by atoms with Crippen molar-refractivity contribution >= 4 is 40.2 Å². The maximum absolute atomic E-state index is 14.4. The zero-order valence-electron chi connectivity index (χ0n) is 18.5. The van der Waals surface area contributed by atoms with Crippen LogP contribution in [0, 0.1) is 11.6 Å². The largest absolute Gasteiger partial charge is 0.444 e. The number of hydrogen-bond donors (Lipinski definition) is 1. The van der Waals surface area contributed by atoms with Crippen LogP contribution in [0.4, 0.5) is 25.1 Å². The molecule has 2 aromatic heterocycles. The van der Waals surface area contributed by atoms with Crippen molar-refractivity contribution in [1.82, 2.24) is 19.9 Å². The fraction of sp³-hybridized carbons (Fsp3) is 0.391. The third-order valence-electron chi connectivity index (χ3n) is 5.28. The van der Waals surface area contributed by atoms with Gasteiger partial charge in [0.15, 0.2) is 11.6 Å². The van der Waals surface area contributed by atoms with E-state index < -0.39 is 22.3 Å². The summed E-state index contributed by atoms with van der Waals surface area (Å²) in [5.74, 6) is -1.50. The van der Waals surface area contributed by atoms with Crippen LogP contribution in [-0.4, -0.2) is 44.6 Å². The Balaban J connectivity index is 1.62. The lowest BCUT2D eigenvalue weighted by Gasteiger charge is -2.34. The average Bonchev–Trinajstić information content (AvgIpc) is 2.78. The van der Waals surface area contributed by atoms with Crippen LogP contribution >= 0.6 is 11.6 Å². The molecule has 1 N–H and O–H groups in total. The molecule has 1 aliphatic rings. The molecule has 1 amide bonds. The molecule has 174 valence electrons. The van der Waals surface area contributed by atoms with E-state index in [1.807, 2.05) is 32.9 Å². The first-order valence-corrected chi connectivity index (χ1v) is 11.0. The second-order valence-electron chi connectivity index (χ2n) is 8.94. The number of fused-ring (bicyclic) bond motifs is 1. The summed E-state index contributed by atoms with van der Waals surface area (Å²) >= 11 is 5.69. The van der Waals surface area contributed by atoms with Crippen molar-refractivity contribution in [3.8, 4) is 0 Å². The smallest absolute Gasteiger partial charge is 0.410 e. The highest BCUT2D eigenvalue weighted by Gasteiger charge is 2.29. The quantitative estimate of drug-likeness (QED) is 0.481. The fourth-order valence-electron chi connectivity index (χ4n) is 3.73. The number of ether oxygens (including phenoxy) is 1. The minimum atomic E-state index is -0.917. The molecule has 1 aromatic carbocycles. The molecule has 7 nitrogen and oxygen atoms in total. The van der Waals surface area contributed by atoms with Crippen molar-refractivity contribution < 1.29 is 18.3 Å². The zero-order chi connectivity index (χ0) is 23.8. The number of piperidine rings is 1. The van der Waals surface area contributed by atoms with E-state index in [0.717, 1.165) is 24.6 Å². The highest BCUT2D eigenvalue weighted by Crippen LogP contribution is 2.31. The maximum atomic E-state index is 14.4. The molecule has 0 radical (unpaired) electrons. The van der Waals surface area contributed by atoms with Gasteiger partial charge in [-0.1, -0.05) is 11.6 Å². The van der Waals surface area contributed by atoms with E-state index in [1.165, 1.54) is 12.4 Å². The Hall–Kier alpha value is -3.07. The van der Waals surface area contributed by atoms with Crippen LogP contribution in [0.2, 0.25) is 5.02 Å². The monoisotopic (exact) mass is 475 g/mol. The van der Waals surface area contributed by atoms with Gasteiger partial charge >= 0.3 is 6.09 Å². The normalized spacial score (nSPS) is 16.7. The Morgan fingerprint density at radius 1 is 1.21 bits per heavy atom. The molecule has 3 heterocycles. The lowest BCUT2D eigenvalue weighted by Crippen LogP contribution is -2.42. The summed E-state index contributed by atoms with van der Waals surface area (Å²) < 4.78 is 33.4. The van der Waals surface area contributed by atoms with Gasteiger partial charge in [-0.05, 0) is 57.9 Å². The summed E-state index contributed by atoms with van der Waals surface area (Å²) in [6.07, 6.45) is 2.66. The molecule has 4 rings (SSSR count). The minimum Gasteiger partial charge on any atom is -0.444 e. The number of rotatable bonds is 3. The van der Waals surface area contributed by atoms with Gasteiger partial charge in [0.25, 0.3) is 0 Å². The van der Waals surface area contributed by atoms with Crippen LogP contribution in [0.3, 0.4) is 0 Å². The Morgan fingerprint density at radius 2 is 2.00 bits per heavy atom. The van der Waals surface area contributed by atoms with Gasteiger partial charge in [0.05, 0.1) is 11.2 Å². The van der Waals surface area contributed by atoms with E-state index in [1.54, 1.807) is 4.90 Å². The molecule has 33 heavy (non-hydrogen) atoms. The first kappa shape index (κ1) is 23.1. The lowest BCUT2D eigenvalue weighted by molar-refractivity contribution is 0.0197. The second-order valence-corrected chi connectivity index (χ2v) is 9.32. The van der Waals surface area contributed by atoms with Crippen molar-refractivity contribution in [2.24, 2.45) is 0 Å². The third kappa shape index (κ3) is 5.13. The molecule has 1 saturated heterocycles. The Kier molecular flexibility index (Phi) is 6.34. The number of carbonyl (C=O) groups is 1. The summed E-state index contributed by atoms with van der Waals surface area (Å²) in [7, 11) is 0. The van der Waals surface area contributed by atoms with Crippen LogP contribution in [0.1, 0.15) is 45.2 Å². The van der Waals surface area contributed by atoms with Crippen LogP contribution < -0.4 is 5.32 Å². The summed E-state index contributed by atoms with van der Waals surface area (Å²) in [6.45, 7) is 6.61. The number of aromatic nitrogens is 3. The number of amides is 1. The summed E-state index contributed by atoms with van der Waals surface area (Å²) in [6, 6.07) is 6.00. The van der Waals surface area contributed by atoms with E-state index in [4.69, 9.17) is 21.3 Å². The molecular formula is C23H24ClF2N5O2. The van der Waals surface area contributed by atoms with Crippen molar-refractivity contribution in [2.45, 2.75) is 45.1 Å². The topological polar surface area (TPSA) is 80.2 Å². The van der Waals surface area contributed by atoms with Crippen molar-refractivity contribution in [1.29, 1.82) is 0 Å². The van der Waals surface area contributed by atoms with Gasteiger partial charge in [0.1, 0.15) is 28.3 Å². The molecule has 10 heteroatoms. The minimum absolute atomic E-state index is 0.000672. The van der Waals surface area contributed by atoms with E-state index in [-0.39, 0.29) is 23.5 Å². The first-order valence-electron chi connectivity index (χ1n) is 10.6. The number of benzene rings is 1. The van der Waals surface area contributed by atoms with Gasteiger partial charge in [-0.25, -0.2) is 28.5 Å². The molecule has 1 atom stereocenters. The zero-order valence-corrected chi connectivity index (χ0v) is 19.3. The lowest BCUT2D eigenvalue weighted by atomic mass is 9.94. The van der Waals surface area contributed by atoms with Crippen LogP contribution in [0.25, 0.3) is 11.0 Å². The van der Waals surface area contributed by atoms with E-state index in [2.05, 4.69) is 15.3 Å². The molecule has 0 bridgehead atoms. The molecule has 1 aliphatic heterocycles. The fourth-order valence-corrected chi connectivity index (χ4v) is 3.90. The molecule has 0 spiro atoms. The van der Waals surface area contributed by atoms with Gasteiger partial charge in [0.2, 0.25) is 0 Å². The summed E-state index contributed by atoms with van der Waals surface area (Å²) in [5.41, 5.74) is 1.17. The van der Waals surface area contributed by atoms with Gasteiger partial charge in [0, 0.05) is 24.7 Å². The van der Waals surface area contributed by atoms with Crippen LogP contribution in [0.5, 0.6) is 0 Å². The predicted octanol–water partition coefficient (Wildman–Crippen LogP) is 5.81. The van der Waals surface area contributed by atoms with Crippen LogP contribution in [0.15, 0.2) is 30.6 Å². The Bertz CT molecular complexity index is 1200.